The van der Waals surface area contributed by atoms with Crippen molar-refractivity contribution < 1.29 is 14.0 Å². The van der Waals surface area contributed by atoms with E-state index in [1.54, 1.807) is 12.1 Å². The number of carbonyl (C=O) groups excluding carboxylic acids is 2. The first-order valence-electron chi connectivity index (χ1n) is 5.35. The summed E-state index contributed by atoms with van der Waals surface area (Å²) in [5.74, 6) is -0.849. The highest BCUT2D eigenvalue weighted by molar-refractivity contribution is 9.10. The summed E-state index contributed by atoms with van der Waals surface area (Å²) in [5.41, 5.74) is 0.358. The third-order valence-electron chi connectivity index (χ3n) is 2.73. The summed E-state index contributed by atoms with van der Waals surface area (Å²) in [6.07, 6.45) is 1.32. The van der Waals surface area contributed by atoms with Crippen LogP contribution in [0.4, 0.5) is 4.39 Å². The predicted molar refractivity (Wildman–Crippen MR) is 63.5 cm³/mol. The lowest BCUT2D eigenvalue weighted by Gasteiger charge is -2.25. The lowest BCUT2D eigenvalue weighted by molar-refractivity contribution is -0.148. The van der Waals surface area contributed by atoms with Gasteiger partial charge in [-0.1, -0.05) is 22.0 Å². The quantitative estimate of drug-likeness (QED) is 0.787. The Bertz CT molecular complexity index is 460. The number of carbonyl (C=O) groups is 2. The number of likely N-dealkylation sites (tertiary alicyclic amines) is 1. The second kappa shape index (κ2) is 4.96. The van der Waals surface area contributed by atoms with Gasteiger partial charge >= 0.3 is 0 Å². The Morgan fingerprint density at radius 3 is 2.47 bits per heavy atom. The molecule has 1 aliphatic rings. The fourth-order valence-corrected chi connectivity index (χ4v) is 2.13. The number of rotatable bonds is 2. The Hall–Kier alpha value is -1.23. The van der Waals surface area contributed by atoms with E-state index in [1.165, 1.54) is 6.07 Å². The van der Waals surface area contributed by atoms with Crippen LogP contribution in [-0.2, 0) is 16.1 Å². The number of hydrogen-bond donors (Lipinski definition) is 0. The van der Waals surface area contributed by atoms with E-state index in [-0.39, 0.29) is 18.4 Å². The number of halogens is 2. The number of imide groups is 1. The number of hydrogen-bond acceptors (Lipinski definition) is 2. The van der Waals surface area contributed by atoms with Gasteiger partial charge in [0.1, 0.15) is 5.82 Å². The predicted octanol–water partition coefficient (Wildman–Crippen LogP) is 2.63. The Balaban J connectivity index is 2.19. The molecule has 0 atom stereocenters. The van der Waals surface area contributed by atoms with Gasteiger partial charge in [0.2, 0.25) is 11.8 Å². The molecule has 0 aliphatic carbocycles. The van der Waals surface area contributed by atoms with Crippen LogP contribution in [0.3, 0.4) is 0 Å². The van der Waals surface area contributed by atoms with E-state index >= 15 is 0 Å². The lowest BCUT2D eigenvalue weighted by atomic mass is 10.1. The summed E-state index contributed by atoms with van der Waals surface area (Å²) >= 11 is 3.16. The van der Waals surface area contributed by atoms with Gasteiger partial charge in [-0.25, -0.2) is 4.39 Å². The van der Waals surface area contributed by atoms with E-state index in [0.29, 0.717) is 29.3 Å². The molecule has 0 N–H and O–H groups in total. The topological polar surface area (TPSA) is 37.4 Å². The first kappa shape index (κ1) is 12.2. The van der Waals surface area contributed by atoms with Crippen molar-refractivity contribution in [2.75, 3.05) is 0 Å². The molecule has 0 unspecified atom stereocenters. The highest BCUT2D eigenvalue weighted by Crippen LogP contribution is 2.20. The molecule has 2 amide bonds. The van der Waals surface area contributed by atoms with E-state index < -0.39 is 5.82 Å². The van der Waals surface area contributed by atoms with Crippen molar-refractivity contribution in [3.05, 3.63) is 34.1 Å². The summed E-state index contributed by atoms with van der Waals surface area (Å²) < 4.78 is 14.2. The molecule has 1 fully saturated rings. The van der Waals surface area contributed by atoms with Gasteiger partial charge < -0.3 is 0 Å². The molecule has 3 nitrogen and oxygen atoms in total. The van der Waals surface area contributed by atoms with Gasteiger partial charge in [-0.2, -0.15) is 0 Å². The Morgan fingerprint density at radius 2 is 1.88 bits per heavy atom. The highest BCUT2D eigenvalue weighted by atomic mass is 79.9. The van der Waals surface area contributed by atoms with Crippen LogP contribution in [0.1, 0.15) is 24.8 Å². The van der Waals surface area contributed by atoms with Gasteiger partial charge in [-0.3, -0.25) is 14.5 Å². The number of benzene rings is 1. The van der Waals surface area contributed by atoms with Crippen LogP contribution in [-0.4, -0.2) is 16.7 Å². The third-order valence-corrected chi connectivity index (χ3v) is 3.22. The fourth-order valence-electron chi connectivity index (χ4n) is 1.80. The zero-order chi connectivity index (χ0) is 12.4. The molecule has 0 aromatic heterocycles. The summed E-state index contributed by atoms with van der Waals surface area (Å²) in [6, 6.07) is 4.60. The maximum absolute atomic E-state index is 13.6. The van der Waals surface area contributed by atoms with Gasteiger partial charge in [-0.05, 0) is 18.6 Å². The smallest absolute Gasteiger partial charge is 0.229 e. The van der Waals surface area contributed by atoms with Crippen LogP contribution < -0.4 is 0 Å². The standard InChI is InChI=1S/C12H11BrFNO2/c13-9-5-4-8(10(14)6-9)7-15-11(16)2-1-3-12(15)17/h4-6H,1-3,7H2. The van der Waals surface area contributed by atoms with Crippen molar-refractivity contribution in [3.8, 4) is 0 Å². The average molecular weight is 300 g/mol. The van der Waals surface area contributed by atoms with Crippen molar-refractivity contribution in [1.82, 2.24) is 4.90 Å². The van der Waals surface area contributed by atoms with Crippen molar-refractivity contribution >= 4 is 27.7 Å². The number of piperidine rings is 1. The molecule has 1 aromatic carbocycles. The maximum atomic E-state index is 13.6. The molecule has 1 aromatic rings. The fraction of sp³-hybridized carbons (Fsp3) is 0.333. The molecule has 1 heterocycles. The normalized spacial score (nSPS) is 16.5. The minimum Gasteiger partial charge on any atom is -0.278 e. The Kier molecular flexibility index (Phi) is 3.57. The molecular weight excluding hydrogens is 289 g/mol. The number of amides is 2. The number of nitrogens with zero attached hydrogens (tertiary/aromatic N) is 1. The van der Waals surface area contributed by atoms with Crippen LogP contribution in [0.5, 0.6) is 0 Å². The monoisotopic (exact) mass is 299 g/mol. The molecular formula is C12H11BrFNO2. The van der Waals surface area contributed by atoms with Gasteiger partial charge in [0.25, 0.3) is 0 Å². The van der Waals surface area contributed by atoms with E-state index in [0.717, 1.165) is 4.90 Å². The average Bonchev–Trinajstić information content (AvgIpc) is 2.26. The van der Waals surface area contributed by atoms with Crippen LogP contribution >= 0.6 is 15.9 Å². The van der Waals surface area contributed by atoms with E-state index in [4.69, 9.17) is 0 Å². The van der Waals surface area contributed by atoms with Gasteiger partial charge in [0, 0.05) is 22.9 Å². The molecule has 0 radical (unpaired) electrons. The SMILES string of the molecule is O=C1CCCC(=O)N1Cc1ccc(Br)cc1F. The van der Waals surface area contributed by atoms with Crippen LogP contribution in [0.25, 0.3) is 0 Å². The molecule has 17 heavy (non-hydrogen) atoms. The van der Waals surface area contributed by atoms with Gasteiger partial charge in [-0.15, -0.1) is 0 Å². The summed E-state index contributed by atoms with van der Waals surface area (Å²) in [4.78, 5) is 24.3. The molecule has 0 bridgehead atoms. The highest BCUT2D eigenvalue weighted by Gasteiger charge is 2.26. The van der Waals surface area contributed by atoms with Crippen LogP contribution in [0.15, 0.2) is 22.7 Å². The zero-order valence-electron chi connectivity index (χ0n) is 9.08. The Morgan fingerprint density at radius 1 is 1.24 bits per heavy atom. The second-order valence-corrected chi connectivity index (χ2v) is 4.88. The van der Waals surface area contributed by atoms with Crippen LogP contribution in [0.2, 0.25) is 0 Å². The van der Waals surface area contributed by atoms with Crippen molar-refractivity contribution in [2.24, 2.45) is 0 Å². The van der Waals surface area contributed by atoms with Gasteiger partial charge in [0.15, 0.2) is 0 Å². The summed E-state index contributed by atoms with van der Waals surface area (Å²) in [7, 11) is 0. The molecule has 1 saturated heterocycles. The maximum Gasteiger partial charge on any atom is 0.229 e. The molecule has 1 aliphatic heterocycles. The molecule has 0 saturated carbocycles. The second-order valence-electron chi connectivity index (χ2n) is 3.96. The minimum atomic E-state index is -0.412. The molecule has 0 spiro atoms. The van der Waals surface area contributed by atoms with E-state index in [2.05, 4.69) is 15.9 Å². The molecule has 5 heteroatoms. The van der Waals surface area contributed by atoms with E-state index in [9.17, 15) is 14.0 Å². The minimum absolute atomic E-state index is 0.0246. The summed E-state index contributed by atoms with van der Waals surface area (Å²) in [6.45, 7) is 0.0246. The van der Waals surface area contributed by atoms with Crippen LogP contribution in [0, 0.1) is 5.82 Å². The van der Waals surface area contributed by atoms with Gasteiger partial charge in [0.05, 0.1) is 6.54 Å². The first-order valence-corrected chi connectivity index (χ1v) is 6.14. The lowest BCUT2D eigenvalue weighted by Crippen LogP contribution is -2.39. The first-order chi connectivity index (χ1) is 8.08. The Labute approximate surface area is 107 Å². The molecule has 90 valence electrons. The zero-order valence-corrected chi connectivity index (χ0v) is 10.7. The largest absolute Gasteiger partial charge is 0.278 e. The van der Waals surface area contributed by atoms with E-state index in [1.807, 2.05) is 0 Å². The summed E-state index contributed by atoms with van der Waals surface area (Å²) in [5, 5.41) is 0. The van der Waals surface area contributed by atoms with Crippen molar-refractivity contribution in [1.29, 1.82) is 0 Å². The van der Waals surface area contributed by atoms with Crippen molar-refractivity contribution in [2.45, 2.75) is 25.8 Å². The third kappa shape index (κ3) is 2.72. The van der Waals surface area contributed by atoms with Crippen molar-refractivity contribution in [3.63, 3.8) is 0 Å². The molecule has 2 rings (SSSR count).